The average Bonchev–Trinajstić information content (AvgIpc) is 2.46. The van der Waals surface area contributed by atoms with E-state index in [2.05, 4.69) is 6.58 Å². The van der Waals surface area contributed by atoms with Crippen LogP contribution in [-0.4, -0.2) is 11.3 Å². The van der Waals surface area contributed by atoms with Gasteiger partial charge in [0.25, 0.3) is 0 Å². The zero-order chi connectivity index (χ0) is 13.0. The zero-order valence-electron chi connectivity index (χ0n) is 10.1. The topological polar surface area (TPSA) is 26.3 Å². The van der Waals surface area contributed by atoms with E-state index in [1.165, 1.54) is 0 Å². The van der Waals surface area contributed by atoms with Gasteiger partial charge in [-0.1, -0.05) is 43.0 Å². The van der Waals surface area contributed by atoms with E-state index >= 15 is 0 Å². The SMILES string of the molecule is C=C(c1ccccc1OC)S(=O)c1ccccc1. The van der Waals surface area contributed by atoms with Crippen molar-refractivity contribution in [1.82, 2.24) is 0 Å². The van der Waals surface area contributed by atoms with E-state index in [1.807, 2.05) is 54.6 Å². The molecule has 0 saturated heterocycles. The van der Waals surface area contributed by atoms with Gasteiger partial charge in [0, 0.05) is 15.4 Å². The molecule has 0 bridgehead atoms. The molecule has 0 radical (unpaired) electrons. The number of ether oxygens (including phenoxy) is 1. The second-order valence-corrected chi connectivity index (χ2v) is 5.21. The molecule has 0 heterocycles. The summed E-state index contributed by atoms with van der Waals surface area (Å²) >= 11 is 0. The summed E-state index contributed by atoms with van der Waals surface area (Å²) in [6, 6.07) is 16.7. The smallest absolute Gasteiger partial charge is 0.127 e. The van der Waals surface area contributed by atoms with Gasteiger partial charge in [0.05, 0.1) is 17.9 Å². The second kappa shape index (κ2) is 5.65. The lowest BCUT2D eigenvalue weighted by Crippen LogP contribution is -1.97. The Hall–Kier alpha value is -1.87. The highest BCUT2D eigenvalue weighted by Crippen LogP contribution is 2.29. The summed E-state index contributed by atoms with van der Waals surface area (Å²) in [4.78, 5) is 1.30. The van der Waals surface area contributed by atoms with Gasteiger partial charge in [0.1, 0.15) is 5.75 Å². The van der Waals surface area contributed by atoms with Crippen LogP contribution in [0, 0.1) is 0 Å². The summed E-state index contributed by atoms with van der Waals surface area (Å²) in [5.41, 5.74) is 0.780. The Labute approximate surface area is 109 Å². The number of methoxy groups -OCH3 is 1. The van der Waals surface area contributed by atoms with E-state index in [0.29, 0.717) is 10.7 Å². The molecule has 0 fully saturated rings. The Morgan fingerprint density at radius 3 is 2.33 bits per heavy atom. The third-order valence-corrected chi connectivity index (χ3v) is 3.96. The lowest BCUT2D eigenvalue weighted by atomic mass is 10.2. The van der Waals surface area contributed by atoms with Crippen molar-refractivity contribution in [2.75, 3.05) is 7.11 Å². The molecule has 18 heavy (non-hydrogen) atoms. The molecule has 3 heteroatoms. The standard InChI is InChI=1S/C15H14O2S/c1-12(14-10-6-7-11-15(14)17-2)18(16)13-8-4-3-5-9-13/h3-11H,1H2,2H3. The highest BCUT2D eigenvalue weighted by atomic mass is 32.2. The first-order valence-corrected chi connectivity index (χ1v) is 6.68. The molecule has 2 aromatic carbocycles. The summed E-state index contributed by atoms with van der Waals surface area (Å²) in [5.74, 6) is 0.687. The third kappa shape index (κ3) is 2.51. The van der Waals surface area contributed by atoms with Crippen LogP contribution in [0.1, 0.15) is 5.56 Å². The summed E-state index contributed by atoms with van der Waals surface area (Å²) in [5, 5.41) is 0. The van der Waals surface area contributed by atoms with Crippen molar-refractivity contribution >= 4 is 15.7 Å². The molecule has 1 unspecified atom stereocenters. The van der Waals surface area contributed by atoms with Gasteiger partial charge in [0.2, 0.25) is 0 Å². The molecular weight excluding hydrogens is 244 g/mol. The Balaban J connectivity index is 2.35. The molecule has 0 amide bonds. The van der Waals surface area contributed by atoms with Crippen LogP contribution in [-0.2, 0) is 10.8 Å². The highest BCUT2D eigenvalue weighted by molar-refractivity contribution is 7.94. The molecule has 2 aromatic rings. The zero-order valence-corrected chi connectivity index (χ0v) is 10.9. The first kappa shape index (κ1) is 12.6. The van der Waals surface area contributed by atoms with Crippen LogP contribution in [0.5, 0.6) is 5.75 Å². The Bertz CT molecular complexity index is 576. The predicted octanol–water partition coefficient (Wildman–Crippen LogP) is 3.47. The van der Waals surface area contributed by atoms with Crippen molar-refractivity contribution < 1.29 is 8.95 Å². The van der Waals surface area contributed by atoms with E-state index < -0.39 is 10.8 Å². The molecule has 0 spiro atoms. The van der Waals surface area contributed by atoms with Gasteiger partial charge in [-0.05, 0) is 18.2 Å². The van der Waals surface area contributed by atoms with Crippen LogP contribution in [0.3, 0.4) is 0 Å². The molecular formula is C15H14O2S. The van der Waals surface area contributed by atoms with Crippen molar-refractivity contribution in [3.8, 4) is 5.75 Å². The van der Waals surface area contributed by atoms with Crippen LogP contribution >= 0.6 is 0 Å². The fourth-order valence-corrected chi connectivity index (χ4v) is 2.72. The van der Waals surface area contributed by atoms with Crippen LogP contribution in [0.4, 0.5) is 0 Å². The lowest BCUT2D eigenvalue weighted by Gasteiger charge is -2.10. The third-order valence-electron chi connectivity index (χ3n) is 2.59. The molecule has 0 aliphatic carbocycles. The maximum atomic E-state index is 12.4. The molecule has 0 N–H and O–H groups in total. The molecule has 0 aromatic heterocycles. The van der Waals surface area contributed by atoms with Gasteiger partial charge in [-0.15, -0.1) is 0 Å². The van der Waals surface area contributed by atoms with Crippen molar-refractivity contribution in [1.29, 1.82) is 0 Å². The predicted molar refractivity (Wildman–Crippen MR) is 74.9 cm³/mol. The van der Waals surface area contributed by atoms with Crippen molar-refractivity contribution in [3.05, 3.63) is 66.7 Å². The average molecular weight is 258 g/mol. The number of para-hydroxylation sites is 1. The van der Waals surface area contributed by atoms with E-state index in [4.69, 9.17) is 4.74 Å². The quantitative estimate of drug-likeness (QED) is 0.839. The monoisotopic (exact) mass is 258 g/mol. The number of benzene rings is 2. The molecule has 0 saturated carbocycles. The Kier molecular flexibility index (Phi) is 3.95. The highest BCUT2D eigenvalue weighted by Gasteiger charge is 2.13. The van der Waals surface area contributed by atoms with Crippen molar-refractivity contribution in [2.45, 2.75) is 4.90 Å². The summed E-state index contributed by atoms with van der Waals surface area (Å²) in [6.07, 6.45) is 0. The lowest BCUT2D eigenvalue weighted by molar-refractivity contribution is 0.413. The number of rotatable bonds is 4. The molecule has 0 aliphatic rings. The van der Waals surface area contributed by atoms with Crippen LogP contribution in [0.25, 0.3) is 4.91 Å². The second-order valence-electron chi connectivity index (χ2n) is 3.71. The van der Waals surface area contributed by atoms with E-state index in [-0.39, 0.29) is 0 Å². The van der Waals surface area contributed by atoms with Crippen LogP contribution in [0.2, 0.25) is 0 Å². The minimum atomic E-state index is -1.27. The van der Waals surface area contributed by atoms with E-state index in [1.54, 1.807) is 7.11 Å². The van der Waals surface area contributed by atoms with Gasteiger partial charge >= 0.3 is 0 Å². The Morgan fingerprint density at radius 1 is 1.06 bits per heavy atom. The van der Waals surface area contributed by atoms with Crippen LogP contribution < -0.4 is 4.74 Å². The molecule has 2 rings (SSSR count). The normalized spacial score (nSPS) is 11.8. The van der Waals surface area contributed by atoms with Crippen LogP contribution in [0.15, 0.2) is 66.1 Å². The van der Waals surface area contributed by atoms with Gasteiger partial charge < -0.3 is 4.74 Å². The first-order chi connectivity index (χ1) is 8.74. The molecule has 0 aliphatic heterocycles. The van der Waals surface area contributed by atoms with Crippen molar-refractivity contribution in [3.63, 3.8) is 0 Å². The minimum Gasteiger partial charge on any atom is -0.496 e. The minimum absolute atomic E-state index is 0.554. The fraction of sp³-hybridized carbons (Fsp3) is 0.0667. The summed E-state index contributed by atoms with van der Waals surface area (Å²) < 4.78 is 17.6. The van der Waals surface area contributed by atoms with Gasteiger partial charge in [-0.2, -0.15) is 0 Å². The number of hydrogen-bond acceptors (Lipinski definition) is 2. The van der Waals surface area contributed by atoms with Gasteiger partial charge in [0.15, 0.2) is 0 Å². The van der Waals surface area contributed by atoms with Gasteiger partial charge in [-0.3, -0.25) is 0 Å². The largest absolute Gasteiger partial charge is 0.496 e. The molecule has 92 valence electrons. The fourth-order valence-electron chi connectivity index (χ4n) is 1.66. The molecule has 2 nitrogen and oxygen atoms in total. The van der Waals surface area contributed by atoms with E-state index in [9.17, 15) is 4.21 Å². The van der Waals surface area contributed by atoms with Crippen molar-refractivity contribution in [2.24, 2.45) is 0 Å². The van der Waals surface area contributed by atoms with Gasteiger partial charge in [-0.25, -0.2) is 4.21 Å². The Morgan fingerprint density at radius 2 is 1.67 bits per heavy atom. The number of hydrogen-bond donors (Lipinski definition) is 0. The first-order valence-electron chi connectivity index (χ1n) is 5.53. The maximum absolute atomic E-state index is 12.4. The van der Waals surface area contributed by atoms with E-state index in [0.717, 1.165) is 10.5 Å². The molecule has 1 atom stereocenters. The maximum Gasteiger partial charge on any atom is 0.127 e. The summed E-state index contributed by atoms with van der Waals surface area (Å²) in [6.45, 7) is 3.93. The summed E-state index contributed by atoms with van der Waals surface area (Å²) in [7, 11) is 0.329.